The first-order chi connectivity index (χ1) is 12.9. The zero-order valence-corrected chi connectivity index (χ0v) is 16.8. The number of hydrogen-bond donors (Lipinski definition) is 2. The first kappa shape index (κ1) is 21.4. The highest BCUT2D eigenvalue weighted by Crippen LogP contribution is 2.29. The Hall–Kier alpha value is -1.87. The summed E-state index contributed by atoms with van der Waals surface area (Å²) in [6.45, 7) is 2.17. The number of sulfonamides is 1. The summed E-state index contributed by atoms with van der Waals surface area (Å²) in [7, 11) is -2.68. The molecular formula is C12H18ClN7O5S2. The molecule has 27 heavy (non-hydrogen) atoms. The van der Waals surface area contributed by atoms with Gasteiger partial charge in [-0.2, -0.15) is 5.06 Å². The van der Waals surface area contributed by atoms with Gasteiger partial charge in [-0.15, -0.1) is 22.1 Å². The zero-order chi connectivity index (χ0) is 19.9. The molecule has 0 spiro atoms. The van der Waals surface area contributed by atoms with Crippen molar-refractivity contribution in [2.45, 2.75) is 11.6 Å². The van der Waals surface area contributed by atoms with Crippen molar-refractivity contribution in [2.75, 3.05) is 26.0 Å². The van der Waals surface area contributed by atoms with Gasteiger partial charge >= 0.3 is 6.03 Å². The summed E-state index contributed by atoms with van der Waals surface area (Å²) in [4.78, 5) is 17.2. The molecule has 0 radical (unpaired) electrons. The maximum Gasteiger partial charge on any atom is 0.381 e. The Balaban J connectivity index is 1.95. The molecule has 2 aliphatic heterocycles. The summed E-state index contributed by atoms with van der Waals surface area (Å²) in [6, 6.07) is -1.04. The number of nitrogens with zero attached hydrogens (tertiary/aromatic N) is 5. The Kier molecular flexibility index (Phi) is 7.85. The number of hydrazone groups is 1. The largest absolute Gasteiger partial charge is 0.481 e. The number of halogens is 1. The fourth-order valence-corrected chi connectivity index (χ4v) is 4.63. The molecule has 15 heteroatoms. The molecule has 2 rings (SSSR count). The van der Waals surface area contributed by atoms with Crippen LogP contribution in [-0.4, -0.2) is 61.2 Å². The number of nitrogens with one attached hydrogen (secondary N) is 2. The molecule has 1 saturated heterocycles. The van der Waals surface area contributed by atoms with E-state index in [1.165, 1.54) is 23.8 Å². The van der Waals surface area contributed by atoms with Crippen LogP contribution in [-0.2, 0) is 19.6 Å². The van der Waals surface area contributed by atoms with Gasteiger partial charge in [-0.25, -0.2) is 24.1 Å². The summed E-state index contributed by atoms with van der Waals surface area (Å²) in [6.07, 6.45) is 3.11. The fraction of sp³-hybridized carbons (Fsp3) is 0.500. The van der Waals surface area contributed by atoms with Gasteiger partial charge in [-0.05, 0) is 13.0 Å². The smallest absolute Gasteiger partial charge is 0.381 e. The summed E-state index contributed by atoms with van der Waals surface area (Å²) in [5, 5.41) is 9.32. The predicted octanol–water partition coefficient (Wildman–Crippen LogP) is 1.09. The second-order valence-electron chi connectivity index (χ2n) is 4.97. The van der Waals surface area contributed by atoms with Crippen molar-refractivity contribution in [1.29, 1.82) is 0 Å². The predicted molar refractivity (Wildman–Crippen MR) is 99.4 cm³/mol. The maximum absolute atomic E-state index is 12.3. The second-order valence-corrected chi connectivity index (χ2v) is 8.35. The van der Waals surface area contributed by atoms with Crippen molar-refractivity contribution in [3.63, 3.8) is 0 Å². The van der Waals surface area contributed by atoms with E-state index in [1.807, 2.05) is 0 Å². The van der Waals surface area contributed by atoms with Crippen molar-refractivity contribution in [3.8, 4) is 0 Å². The Morgan fingerprint density at radius 3 is 3.11 bits per heavy atom. The average molecular weight is 440 g/mol. The van der Waals surface area contributed by atoms with Crippen LogP contribution in [0.2, 0.25) is 0 Å². The van der Waals surface area contributed by atoms with Crippen LogP contribution in [0.3, 0.4) is 0 Å². The number of carbonyl (C=O) groups excluding carboxylic acids is 1. The van der Waals surface area contributed by atoms with Gasteiger partial charge in [0.1, 0.15) is 0 Å². The topological polar surface area (TPSA) is 137 Å². The molecule has 0 saturated carbocycles. The van der Waals surface area contributed by atoms with Gasteiger partial charge in [0, 0.05) is 23.9 Å². The summed E-state index contributed by atoms with van der Waals surface area (Å²) >= 11 is 6.50. The average Bonchev–Trinajstić information content (AvgIpc) is 3.09. The number of hydroxylamine groups is 2. The lowest BCUT2D eigenvalue weighted by Gasteiger charge is -2.24. The van der Waals surface area contributed by atoms with E-state index >= 15 is 0 Å². The van der Waals surface area contributed by atoms with E-state index in [0.29, 0.717) is 23.9 Å². The molecule has 0 bridgehead atoms. The number of urea groups is 1. The van der Waals surface area contributed by atoms with Gasteiger partial charge < -0.3 is 4.74 Å². The molecule has 12 nitrogen and oxygen atoms in total. The van der Waals surface area contributed by atoms with Crippen LogP contribution in [0.15, 0.2) is 38.3 Å². The van der Waals surface area contributed by atoms with Crippen LogP contribution in [0.5, 0.6) is 0 Å². The quantitative estimate of drug-likeness (QED) is 0.558. The summed E-state index contributed by atoms with van der Waals surface area (Å²) in [5.74, 6) is 0.849. The number of carbonyl (C=O) groups is 1. The Morgan fingerprint density at radius 2 is 2.41 bits per heavy atom. The Bertz CT molecular complexity index is 770. The third-order valence-electron chi connectivity index (χ3n) is 2.97. The second kappa shape index (κ2) is 9.89. The number of rotatable bonds is 7. The first-order valence-corrected chi connectivity index (χ1v) is 10.5. The number of allylic oxidation sites excluding steroid dienone is 1. The van der Waals surface area contributed by atoms with Crippen molar-refractivity contribution in [2.24, 2.45) is 14.7 Å². The van der Waals surface area contributed by atoms with E-state index in [1.54, 1.807) is 13.0 Å². The van der Waals surface area contributed by atoms with Gasteiger partial charge in [0.15, 0.2) is 0 Å². The minimum atomic E-state index is -4.11. The van der Waals surface area contributed by atoms with Gasteiger partial charge in [0.2, 0.25) is 10.6 Å². The number of thioether (sulfide) groups is 1. The highest BCUT2D eigenvalue weighted by atomic mass is 35.5. The Labute approximate surface area is 165 Å². The summed E-state index contributed by atoms with van der Waals surface area (Å²) < 4.78 is 31.7. The van der Waals surface area contributed by atoms with Crippen molar-refractivity contribution in [1.82, 2.24) is 21.1 Å². The van der Waals surface area contributed by atoms with Gasteiger partial charge in [-0.1, -0.05) is 21.2 Å². The minimum Gasteiger partial charge on any atom is -0.481 e. The SMILES string of the molecule is COC1=CC(C)=NN(NC(=O)/N=N/S(=O)(=O)C2SCCN2OC/C=C/Cl)N1. The molecule has 0 aromatic rings. The van der Waals surface area contributed by atoms with Crippen LogP contribution in [0.4, 0.5) is 4.79 Å². The van der Waals surface area contributed by atoms with Gasteiger partial charge in [-0.3, -0.25) is 4.84 Å². The standard InChI is InChI=1S/C12H18ClN7O5S2/c1-9-8-10(24-2)16-20(15-9)17-11(21)14-18-27(22,23)12-19(5-7-26-12)25-6-3-4-13/h3-4,8,12,16H,5-7H2,1-2H3,(H,17,21)/b4-3+,18-14+. The highest BCUT2D eigenvalue weighted by Gasteiger charge is 2.37. The minimum absolute atomic E-state index is 0.112. The van der Waals surface area contributed by atoms with E-state index in [9.17, 15) is 13.2 Å². The molecule has 2 amide bonds. The van der Waals surface area contributed by atoms with E-state index in [4.69, 9.17) is 21.2 Å². The van der Waals surface area contributed by atoms with Crippen molar-refractivity contribution >= 4 is 45.1 Å². The zero-order valence-electron chi connectivity index (χ0n) is 14.4. The fourth-order valence-electron chi connectivity index (χ4n) is 1.91. The van der Waals surface area contributed by atoms with Crippen LogP contribution >= 0.6 is 23.4 Å². The number of hydrogen-bond acceptors (Lipinski definition) is 10. The molecular weight excluding hydrogens is 422 g/mol. The van der Waals surface area contributed by atoms with E-state index in [2.05, 4.69) is 25.6 Å². The first-order valence-electron chi connectivity index (χ1n) is 7.47. The van der Waals surface area contributed by atoms with E-state index < -0.39 is 20.8 Å². The molecule has 2 aliphatic rings. The monoisotopic (exact) mass is 439 g/mol. The third-order valence-corrected chi connectivity index (χ3v) is 6.28. The molecule has 2 N–H and O–H groups in total. The lowest BCUT2D eigenvalue weighted by molar-refractivity contribution is -0.132. The molecule has 1 atom stereocenters. The highest BCUT2D eigenvalue weighted by molar-refractivity contribution is 8.13. The van der Waals surface area contributed by atoms with Crippen molar-refractivity contribution < 1.29 is 22.8 Å². The lowest BCUT2D eigenvalue weighted by Crippen LogP contribution is -2.48. The van der Waals surface area contributed by atoms with Crippen LogP contribution < -0.4 is 10.9 Å². The molecule has 0 aliphatic carbocycles. The third kappa shape index (κ3) is 6.35. The number of methoxy groups -OCH3 is 1. The van der Waals surface area contributed by atoms with Crippen LogP contribution in [0.25, 0.3) is 0 Å². The van der Waals surface area contributed by atoms with E-state index in [-0.39, 0.29) is 6.61 Å². The summed E-state index contributed by atoms with van der Waals surface area (Å²) in [5.41, 5.74) is 6.61. The van der Waals surface area contributed by atoms with Crippen LogP contribution in [0, 0.1) is 0 Å². The van der Waals surface area contributed by atoms with Crippen molar-refractivity contribution in [3.05, 3.63) is 23.6 Å². The maximum atomic E-state index is 12.3. The molecule has 1 unspecified atom stereocenters. The van der Waals surface area contributed by atoms with E-state index in [0.717, 1.165) is 17.0 Å². The number of amides is 2. The lowest BCUT2D eigenvalue weighted by atomic mass is 10.4. The van der Waals surface area contributed by atoms with Crippen LogP contribution in [0.1, 0.15) is 6.92 Å². The number of ether oxygens (including phenoxy) is 1. The molecule has 150 valence electrons. The molecule has 2 heterocycles. The molecule has 0 aromatic heterocycles. The normalized spacial score (nSPS) is 21.3. The van der Waals surface area contributed by atoms with Gasteiger partial charge in [0.25, 0.3) is 10.0 Å². The Morgan fingerprint density at radius 1 is 1.63 bits per heavy atom. The number of hydrazine groups is 2. The molecule has 0 aromatic carbocycles. The molecule has 1 fully saturated rings. The van der Waals surface area contributed by atoms with Gasteiger partial charge in [0.05, 0.1) is 19.4 Å².